The van der Waals surface area contributed by atoms with Gasteiger partial charge in [-0.3, -0.25) is 14.3 Å². The van der Waals surface area contributed by atoms with Gasteiger partial charge in [0, 0.05) is 0 Å². The van der Waals surface area contributed by atoms with Gasteiger partial charge in [0.05, 0.1) is 24.2 Å². The first kappa shape index (κ1) is 18.4. The van der Waals surface area contributed by atoms with E-state index in [1.807, 2.05) is 59.3 Å². The van der Waals surface area contributed by atoms with Crippen LogP contribution < -0.4 is 11.2 Å². The van der Waals surface area contributed by atoms with Gasteiger partial charge in [0.25, 0.3) is 5.56 Å². The summed E-state index contributed by atoms with van der Waals surface area (Å²) in [5, 5.41) is 1.99. The predicted molar refractivity (Wildman–Crippen MR) is 116 cm³/mol. The molecule has 0 aliphatic rings. The molecule has 0 aliphatic heterocycles. The van der Waals surface area contributed by atoms with Crippen LogP contribution in [0.1, 0.15) is 16.9 Å². The summed E-state index contributed by atoms with van der Waals surface area (Å²) in [5.74, 6) is 1.34. The van der Waals surface area contributed by atoms with Crippen LogP contribution in [0.15, 0.2) is 74.2 Å². The number of furan rings is 1. The summed E-state index contributed by atoms with van der Waals surface area (Å²) < 4.78 is 8.86. The van der Waals surface area contributed by atoms with Gasteiger partial charge in [0.15, 0.2) is 17.0 Å². The fourth-order valence-electron chi connectivity index (χ4n) is 3.57. The van der Waals surface area contributed by atoms with E-state index in [9.17, 15) is 9.59 Å². The number of fused-ring (bicyclic) bond motifs is 1. The van der Waals surface area contributed by atoms with Gasteiger partial charge < -0.3 is 8.98 Å². The van der Waals surface area contributed by atoms with Crippen LogP contribution in [0.5, 0.6) is 0 Å². The molecule has 0 atom stereocenters. The second-order valence-corrected chi connectivity index (χ2v) is 7.95. The first-order chi connectivity index (χ1) is 14.6. The molecule has 0 aliphatic carbocycles. The number of H-pyrrole nitrogens is 1. The van der Waals surface area contributed by atoms with Gasteiger partial charge in [-0.1, -0.05) is 30.3 Å². The van der Waals surface area contributed by atoms with E-state index >= 15 is 0 Å². The Labute approximate surface area is 174 Å². The lowest BCUT2D eigenvalue weighted by Gasteiger charge is -2.08. The van der Waals surface area contributed by atoms with E-state index in [1.165, 1.54) is 4.57 Å². The third-order valence-electron chi connectivity index (χ3n) is 5.03. The molecule has 5 rings (SSSR count). The Morgan fingerprint density at radius 1 is 1.03 bits per heavy atom. The number of nitrogens with one attached hydrogen (secondary N) is 1. The Kier molecular flexibility index (Phi) is 4.48. The number of aromatic amines is 1. The SMILES string of the molecule is Cc1ccsc1-c1nc2c(c(=O)[nH]c(=O)n2Cc2ccccc2)n1Cc1ccco1. The monoisotopic (exact) mass is 418 g/mol. The van der Waals surface area contributed by atoms with E-state index in [2.05, 4.69) is 4.98 Å². The number of aromatic nitrogens is 4. The number of rotatable bonds is 5. The second-order valence-electron chi connectivity index (χ2n) is 7.04. The van der Waals surface area contributed by atoms with Crippen LogP contribution in [-0.4, -0.2) is 19.1 Å². The molecule has 0 saturated carbocycles. The Bertz CT molecular complexity index is 1440. The van der Waals surface area contributed by atoms with Gasteiger partial charge in [-0.15, -0.1) is 11.3 Å². The normalized spacial score (nSPS) is 11.4. The molecule has 0 radical (unpaired) electrons. The van der Waals surface area contributed by atoms with Gasteiger partial charge in [-0.25, -0.2) is 9.78 Å². The molecule has 7 nitrogen and oxygen atoms in total. The maximum absolute atomic E-state index is 12.9. The lowest BCUT2D eigenvalue weighted by molar-refractivity contribution is 0.497. The maximum Gasteiger partial charge on any atom is 0.330 e. The Balaban J connectivity index is 1.79. The molecule has 0 saturated heterocycles. The molecule has 8 heteroatoms. The van der Waals surface area contributed by atoms with Gasteiger partial charge in [0.2, 0.25) is 0 Å². The fraction of sp³-hybridized carbons (Fsp3) is 0.136. The summed E-state index contributed by atoms with van der Waals surface area (Å²) in [4.78, 5) is 33.8. The third-order valence-corrected chi connectivity index (χ3v) is 6.04. The zero-order chi connectivity index (χ0) is 20.7. The molecular formula is C22H18N4O3S. The quantitative estimate of drug-likeness (QED) is 0.472. The smallest absolute Gasteiger partial charge is 0.330 e. The van der Waals surface area contributed by atoms with E-state index in [1.54, 1.807) is 23.7 Å². The van der Waals surface area contributed by atoms with Gasteiger partial charge >= 0.3 is 5.69 Å². The van der Waals surface area contributed by atoms with E-state index in [0.29, 0.717) is 35.8 Å². The molecular weight excluding hydrogens is 400 g/mol. The van der Waals surface area contributed by atoms with Crippen molar-refractivity contribution >= 4 is 22.5 Å². The topological polar surface area (TPSA) is 85.8 Å². The van der Waals surface area contributed by atoms with E-state index in [0.717, 1.165) is 16.0 Å². The van der Waals surface area contributed by atoms with Crippen molar-refractivity contribution in [1.29, 1.82) is 0 Å². The number of imidazole rings is 1. The summed E-state index contributed by atoms with van der Waals surface area (Å²) in [6.45, 7) is 2.65. The third kappa shape index (κ3) is 3.11. The molecule has 0 spiro atoms. The van der Waals surface area contributed by atoms with E-state index < -0.39 is 11.2 Å². The van der Waals surface area contributed by atoms with Crippen molar-refractivity contribution in [3.05, 3.63) is 97.9 Å². The molecule has 150 valence electrons. The van der Waals surface area contributed by atoms with Crippen LogP contribution in [0.2, 0.25) is 0 Å². The highest BCUT2D eigenvalue weighted by Gasteiger charge is 2.22. The van der Waals surface area contributed by atoms with Gasteiger partial charge in [-0.2, -0.15) is 0 Å². The number of nitrogens with zero attached hydrogens (tertiary/aromatic N) is 3. The minimum Gasteiger partial charge on any atom is -0.467 e. The minimum absolute atomic E-state index is 0.313. The number of benzene rings is 1. The van der Waals surface area contributed by atoms with Crippen molar-refractivity contribution in [3.63, 3.8) is 0 Å². The van der Waals surface area contributed by atoms with Crippen LogP contribution in [-0.2, 0) is 13.1 Å². The molecule has 4 aromatic heterocycles. The van der Waals surface area contributed by atoms with E-state index in [4.69, 9.17) is 9.40 Å². The summed E-state index contributed by atoms with van der Waals surface area (Å²) in [6.07, 6.45) is 1.60. The zero-order valence-electron chi connectivity index (χ0n) is 16.2. The van der Waals surface area contributed by atoms with Crippen molar-refractivity contribution in [2.75, 3.05) is 0 Å². The minimum atomic E-state index is -0.478. The van der Waals surface area contributed by atoms with Crippen molar-refractivity contribution in [3.8, 4) is 10.7 Å². The van der Waals surface area contributed by atoms with Crippen molar-refractivity contribution in [2.24, 2.45) is 0 Å². The number of thiophene rings is 1. The number of aryl methyl sites for hydroxylation is 1. The van der Waals surface area contributed by atoms with Gasteiger partial charge in [0.1, 0.15) is 5.76 Å². The Hall–Kier alpha value is -3.65. The Morgan fingerprint density at radius 3 is 2.57 bits per heavy atom. The highest BCUT2D eigenvalue weighted by atomic mass is 32.1. The highest BCUT2D eigenvalue weighted by molar-refractivity contribution is 7.13. The molecule has 4 heterocycles. The molecule has 0 bridgehead atoms. The average molecular weight is 418 g/mol. The molecule has 30 heavy (non-hydrogen) atoms. The molecule has 0 amide bonds. The summed E-state index contributed by atoms with van der Waals surface area (Å²) >= 11 is 1.55. The summed E-state index contributed by atoms with van der Waals surface area (Å²) in [6, 6.07) is 15.3. The number of hydrogen-bond donors (Lipinski definition) is 1. The molecule has 5 aromatic rings. The molecule has 0 unspecified atom stereocenters. The van der Waals surface area contributed by atoms with Gasteiger partial charge in [-0.05, 0) is 41.6 Å². The van der Waals surface area contributed by atoms with Crippen LogP contribution in [0.25, 0.3) is 21.9 Å². The van der Waals surface area contributed by atoms with Crippen molar-refractivity contribution in [1.82, 2.24) is 19.1 Å². The summed E-state index contributed by atoms with van der Waals surface area (Å²) in [5.41, 5.74) is 1.78. The van der Waals surface area contributed by atoms with Crippen LogP contribution >= 0.6 is 11.3 Å². The Morgan fingerprint density at radius 2 is 1.87 bits per heavy atom. The summed E-state index contributed by atoms with van der Waals surface area (Å²) in [7, 11) is 0. The molecule has 1 aromatic carbocycles. The molecule has 0 fully saturated rings. The van der Waals surface area contributed by atoms with Crippen LogP contribution in [0.3, 0.4) is 0 Å². The average Bonchev–Trinajstić information content (AvgIpc) is 3.47. The number of hydrogen-bond acceptors (Lipinski definition) is 5. The molecule has 1 N–H and O–H groups in total. The first-order valence-corrected chi connectivity index (χ1v) is 10.3. The lowest BCUT2D eigenvalue weighted by atomic mass is 10.2. The second kappa shape index (κ2) is 7.31. The van der Waals surface area contributed by atoms with Crippen LogP contribution in [0, 0.1) is 6.92 Å². The largest absolute Gasteiger partial charge is 0.467 e. The lowest BCUT2D eigenvalue weighted by Crippen LogP contribution is -2.31. The standard InChI is InChI=1S/C22H18N4O3S/c1-14-9-11-30-18(14)20-23-19-17(25(20)13-16-8-5-10-29-16)21(27)24-22(28)26(19)12-15-6-3-2-4-7-15/h2-11H,12-13H2,1H3,(H,24,27,28). The maximum atomic E-state index is 12.9. The fourth-order valence-corrected chi connectivity index (χ4v) is 4.50. The first-order valence-electron chi connectivity index (χ1n) is 9.46. The van der Waals surface area contributed by atoms with Crippen LogP contribution in [0.4, 0.5) is 0 Å². The highest BCUT2D eigenvalue weighted by Crippen LogP contribution is 2.31. The predicted octanol–water partition coefficient (Wildman–Crippen LogP) is 3.61. The zero-order valence-corrected chi connectivity index (χ0v) is 17.0. The van der Waals surface area contributed by atoms with Crippen molar-refractivity contribution in [2.45, 2.75) is 20.0 Å². The van der Waals surface area contributed by atoms with E-state index in [-0.39, 0.29) is 0 Å². The van der Waals surface area contributed by atoms with Crippen molar-refractivity contribution < 1.29 is 4.42 Å².